The molecular formula is C13H28N2O2. The molecule has 1 atom stereocenters. The van der Waals surface area contributed by atoms with E-state index >= 15 is 0 Å². The van der Waals surface area contributed by atoms with Gasteiger partial charge < -0.3 is 15.0 Å². The number of carbonyl (C=O) groups is 1. The summed E-state index contributed by atoms with van der Waals surface area (Å²) in [4.78, 5) is 13.9. The largest absolute Gasteiger partial charge is 0.465 e. The molecule has 0 aromatic carbocycles. The summed E-state index contributed by atoms with van der Waals surface area (Å²) in [5, 5.41) is 3.27. The van der Waals surface area contributed by atoms with Crippen molar-refractivity contribution in [3.63, 3.8) is 0 Å². The van der Waals surface area contributed by atoms with Crippen LogP contribution in [0.3, 0.4) is 0 Å². The van der Waals surface area contributed by atoms with Crippen LogP contribution >= 0.6 is 0 Å². The van der Waals surface area contributed by atoms with E-state index in [1.807, 2.05) is 6.92 Å². The Morgan fingerprint density at radius 2 is 2.00 bits per heavy atom. The molecule has 0 aliphatic carbocycles. The van der Waals surface area contributed by atoms with Crippen molar-refractivity contribution >= 4 is 5.97 Å². The van der Waals surface area contributed by atoms with E-state index in [1.165, 1.54) is 0 Å². The van der Waals surface area contributed by atoms with Gasteiger partial charge in [0.15, 0.2) is 0 Å². The number of nitrogens with one attached hydrogen (secondary N) is 1. The zero-order valence-electron chi connectivity index (χ0n) is 12.0. The van der Waals surface area contributed by atoms with Crippen LogP contribution in [-0.4, -0.2) is 49.7 Å². The fraction of sp³-hybridized carbons (Fsp3) is 0.923. The van der Waals surface area contributed by atoms with Gasteiger partial charge >= 0.3 is 5.97 Å². The van der Waals surface area contributed by atoms with Gasteiger partial charge in [0.05, 0.1) is 6.61 Å². The minimum absolute atomic E-state index is 0.124. The predicted molar refractivity (Wildman–Crippen MR) is 71.1 cm³/mol. The first-order chi connectivity index (χ1) is 8.02. The Morgan fingerprint density at radius 3 is 2.47 bits per heavy atom. The third-order valence-electron chi connectivity index (χ3n) is 2.89. The van der Waals surface area contributed by atoms with Gasteiger partial charge in [-0.1, -0.05) is 13.3 Å². The van der Waals surface area contributed by atoms with Crippen LogP contribution in [0.1, 0.15) is 40.5 Å². The zero-order chi connectivity index (χ0) is 13.3. The summed E-state index contributed by atoms with van der Waals surface area (Å²) in [7, 11) is 2.09. The van der Waals surface area contributed by atoms with Gasteiger partial charge in [0, 0.05) is 19.1 Å². The van der Waals surface area contributed by atoms with E-state index in [4.69, 9.17) is 4.74 Å². The van der Waals surface area contributed by atoms with Crippen molar-refractivity contribution in [2.45, 2.75) is 52.6 Å². The summed E-state index contributed by atoms with van der Waals surface area (Å²) < 4.78 is 5.05. The number of esters is 1. The van der Waals surface area contributed by atoms with E-state index in [2.05, 4.69) is 38.0 Å². The van der Waals surface area contributed by atoms with Crippen molar-refractivity contribution in [1.29, 1.82) is 0 Å². The van der Waals surface area contributed by atoms with Crippen molar-refractivity contribution < 1.29 is 9.53 Å². The average molecular weight is 244 g/mol. The summed E-state index contributed by atoms with van der Waals surface area (Å²) in [6.45, 7) is 10.5. The number of nitrogens with zero attached hydrogens (tertiary/aromatic N) is 1. The molecule has 0 aliphatic rings. The maximum atomic E-state index is 11.6. The van der Waals surface area contributed by atoms with Crippen LogP contribution in [0, 0.1) is 0 Å². The summed E-state index contributed by atoms with van der Waals surface area (Å²) in [6.07, 6.45) is 1.82. The van der Waals surface area contributed by atoms with E-state index in [0.29, 0.717) is 12.6 Å². The summed E-state index contributed by atoms with van der Waals surface area (Å²) in [5.74, 6) is -0.124. The lowest BCUT2D eigenvalue weighted by Crippen LogP contribution is -2.42. The third kappa shape index (κ3) is 7.34. The van der Waals surface area contributed by atoms with Crippen molar-refractivity contribution in [3.8, 4) is 0 Å². The summed E-state index contributed by atoms with van der Waals surface area (Å²) in [6, 6.07) is 0.379. The van der Waals surface area contributed by atoms with Crippen LogP contribution in [0.15, 0.2) is 0 Å². The molecule has 0 fully saturated rings. The Hall–Kier alpha value is -0.610. The molecule has 0 saturated heterocycles. The molecule has 0 amide bonds. The maximum absolute atomic E-state index is 11.6. The Morgan fingerprint density at radius 1 is 1.35 bits per heavy atom. The second-order valence-corrected chi connectivity index (χ2v) is 4.62. The van der Waals surface area contributed by atoms with Crippen LogP contribution in [0.4, 0.5) is 0 Å². The highest BCUT2D eigenvalue weighted by Gasteiger charge is 2.17. The van der Waals surface area contributed by atoms with Gasteiger partial charge in [-0.25, -0.2) is 0 Å². The fourth-order valence-electron chi connectivity index (χ4n) is 1.51. The molecular weight excluding hydrogens is 216 g/mol. The van der Waals surface area contributed by atoms with Gasteiger partial charge in [0.2, 0.25) is 0 Å². The molecule has 102 valence electrons. The van der Waals surface area contributed by atoms with Crippen LogP contribution in [-0.2, 0) is 9.53 Å². The van der Waals surface area contributed by atoms with E-state index in [-0.39, 0.29) is 12.0 Å². The van der Waals surface area contributed by atoms with E-state index in [0.717, 1.165) is 25.9 Å². The fourth-order valence-corrected chi connectivity index (χ4v) is 1.51. The molecule has 0 saturated carbocycles. The molecule has 0 heterocycles. The van der Waals surface area contributed by atoms with E-state index < -0.39 is 0 Å². The lowest BCUT2D eigenvalue weighted by Gasteiger charge is -2.23. The molecule has 0 bridgehead atoms. The average Bonchev–Trinajstić information content (AvgIpc) is 2.27. The molecule has 1 unspecified atom stereocenters. The third-order valence-corrected chi connectivity index (χ3v) is 2.89. The monoisotopic (exact) mass is 244 g/mol. The van der Waals surface area contributed by atoms with Crippen molar-refractivity contribution in [2.75, 3.05) is 26.7 Å². The van der Waals surface area contributed by atoms with Crippen molar-refractivity contribution in [1.82, 2.24) is 10.2 Å². The molecule has 0 aliphatic heterocycles. The summed E-state index contributed by atoms with van der Waals surface area (Å²) in [5.41, 5.74) is 0. The zero-order valence-corrected chi connectivity index (χ0v) is 12.0. The highest BCUT2D eigenvalue weighted by atomic mass is 16.5. The molecule has 0 aromatic heterocycles. The van der Waals surface area contributed by atoms with Crippen LogP contribution in [0.5, 0.6) is 0 Å². The van der Waals surface area contributed by atoms with Gasteiger partial charge in [0.25, 0.3) is 0 Å². The Bertz CT molecular complexity index is 208. The minimum atomic E-state index is -0.152. The number of hydrogen-bond donors (Lipinski definition) is 1. The van der Waals surface area contributed by atoms with Crippen molar-refractivity contribution in [2.24, 2.45) is 0 Å². The maximum Gasteiger partial charge on any atom is 0.323 e. The number of ether oxygens (including phenoxy) is 1. The number of carbonyl (C=O) groups excluding carboxylic acids is 1. The smallest absolute Gasteiger partial charge is 0.323 e. The van der Waals surface area contributed by atoms with Crippen LogP contribution in [0.25, 0.3) is 0 Å². The molecule has 1 N–H and O–H groups in total. The number of rotatable bonds is 9. The number of likely N-dealkylation sites (N-methyl/N-ethyl adjacent to an activating group) is 1. The summed E-state index contributed by atoms with van der Waals surface area (Å²) >= 11 is 0. The van der Waals surface area contributed by atoms with Crippen molar-refractivity contribution in [3.05, 3.63) is 0 Å². The highest BCUT2D eigenvalue weighted by Crippen LogP contribution is 2.00. The highest BCUT2D eigenvalue weighted by molar-refractivity contribution is 5.75. The van der Waals surface area contributed by atoms with E-state index in [1.54, 1.807) is 0 Å². The van der Waals surface area contributed by atoms with Crippen LogP contribution in [0.2, 0.25) is 0 Å². The quantitative estimate of drug-likeness (QED) is 0.626. The van der Waals surface area contributed by atoms with E-state index in [9.17, 15) is 4.79 Å². The Balaban J connectivity index is 3.96. The molecule has 0 spiro atoms. The SMILES string of the molecule is CCCC(NCCN(C)C(C)C)C(=O)OCC. The van der Waals surface area contributed by atoms with Gasteiger partial charge in [-0.2, -0.15) is 0 Å². The predicted octanol–water partition coefficient (Wildman–Crippen LogP) is 1.65. The first-order valence-corrected chi connectivity index (χ1v) is 6.63. The topological polar surface area (TPSA) is 41.6 Å². The van der Waals surface area contributed by atoms with Gasteiger partial charge in [0.1, 0.15) is 6.04 Å². The van der Waals surface area contributed by atoms with Crippen LogP contribution < -0.4 is 5.32 Å². The lowest BCUT2D eigenvalue weighted by molar-refractivity contribution is -0.145. The Labute approximate surface area is 106 Å². The van der Waals surface area contributed by atoms with Gasteiger partial charge in [-0.3, -0.25) is 4.79 Å². The second-order valence-electron chi connectivity index (χ2n) is 4.62. The number of hydrogen-bond acceptors (Lipinski definition) is 4. The van der Waals surface area contributed by atoms with Gasteiger partial charge in [-0.05, 0) is 34.2 Å². The minimum Gasteiger partial charge on any atom is -0.465 e. The molecule has 4 heteroatoms. The standard InChI is InChI=1S/C13H28N2O2/c1-6-8-12(13(16)17-7-2)14-9-10-15(5)11(3)4/h11-12,14H,6-10H2,1-5H3. The molecule has 0 radical (unpaired) electrons. The first kappa shape index (κ1) is 16.4. The second kappa shape index (κ2) is 9.42. The van der Waals surface area contributed by atoms with Gasteiger partial charge in [-0.15, -0.1) is 0 Å². The Kier molecular flexibility index (Phi) is 9.09. The normalized spacial score (nSPS) is 13.1. The molecule has 17 heavy (non-hydrogen) atoms. The lowest BCUT2D eigenvalue weighted by atomic mass is 10.1. The molecule has 0 aromatic rings. The molecule has 4 nitrogen and oxygen atoms in total. The molecule has 0 rings (SSSR count). The first-order valence-electron chi connectivity index (χ1n) is 6.63.